The molecule has 0 aliphatic rings. The van der Waals surface area contributed by atoms with Crippen LogP contribution in [0.1, 0.15) is 31.7 Å². The summed E-state index contributed by atoms with van der Waals surface area (Å²) in [6, 6.07) is 6.82. The molecule has 0 radical (unpaired) electrons. The summed E-state index contributed by atoms with van der Waals surface area (Å²) in [5.74, 6) is 0.753. The Balaban J connectivity index is 2.56. The van der Waals surface area contributed by atoms with Gasteiger partial charge in [0.05, 0.1) is 12.8 Å². The van der Waals surface area contributed by atoms with Gasteiger partial charge in [0.2, 0.25) is 0 Å². The molecule has 0 aliphatic carbocycles. The molecule has 2 amide bonds. The average Bonchev–Trinajstić information content (AvgIpc) is 2.36. The second-order valence-electron chi connectivity index (χ2n) is 3.83. The standard InChI is InChI=1S/C13H19N3O2/c1-2-3-6-9-18-12-8-5-4-7-11(12)10-15-16-13(14)17/h4-5,7-8,10H,2-3,6,9H2,1H3,(H3,14,16,17). The van der Waals surface area contributed by atoms with Gasteiger partial charge in [-0.1, -0.05) is 31.9 Å². The molecule has 0 aromatic heterocycles. The van der Waals surface area contributed by atoms with E-state index in [2.05, 4.69) is 17.5 Å². The number of ether oxygens (including phenoxy) is 1. The molecule has 0 unspecified atom stereocenters. The number of nitrogens with zero attached hydrogens (tertiary/aromatic N) is 1. The van der Waals surface area contributed by atoms with Crippen LogP contribution in [0.5, 0.6) is 5.75 Å². The summed E-state index contributed by atoms with van der Waals surface area (Å²) < 4.78 is 5.66. The Bertz CT molecular complexity index is 405. The van der Waals surface area contributed by atoms with Gasteiger partial charge in [0.1, 0.15) is 5.75 Å². The zero-order valence-corrected chi connectivity index (χ0v) is 10.6. The van der Waals surface area contributed by atoms with Crippen LogP contribution in [-0.2, 0) is 0 Å². The monoisotopic (exact) mass is 249 g/mol. The smallest absolute Gasteiger partial charge is 0.332 e. The Morgan fingerprint density at radius 1 is 1.44 bits per heavy atom. The number of urea groups is 1. The van der Waals surface area contributed by atoms with E-state index in [1.807, 2.05) is 24.3 Å². The second-order valence-corrected chi connectivity index (χ2v) is 3.83. The Labute approximate surface area is 107 Å². The maximum atomic E-state index is 10.5. The van der Waals surface area contributed by atoms with Gasteiger partial charge in [0.25, 0.3) is 0 Å². The van der Waals surface area contributed by atoms with Crippen molar-refractivity contribution in [3.63, 3.8) is 0 Å². The molecule has 1 rings (SSSR count). The number of hydrogen-bond acceptors (Lipinski definition) is 3. The number of nitrogens with two attached hydrogens (primary N) is 1. The predicted molar refractivity (Wildman–Crippen MR) is 71.8 cm³/mol. The lowest BCUT2D eigenvalue weighted by molar-refractivity contribution is 0.249. The first-order valence-corrected chi connectivity index (χ1v) is 6.04. The first-order chi connectivity index (χ1) is 8.74. The fourth-order valence-corrected chi connectivity index (χ4v) is 1.42. The molecule has 0 fully saturated rings. The molecule has 0 saturated heterocycles. The molecule has 98 valence electrons. The van der Waals surface area contributed by atoms with Crippen molar-refractivity contribution in [2.24, 2.45) is 10.8 Å². The first kappa shape index (κ1) is 14.0. The summed E-state index contributed by atoms with van der Waals surface area (Å²) in [6.45, 7) is 2.83. The minimum Gasteiger partial charge on any atom is -0.493 e. The third-order valence-corrected chi connectivity index (χ3v) is 2.30. The average molecular weight is 249 g/mol. The normalized spacial score (nSPS) is 10.5. The molecule has 0 atom stereocenters. The number of carbonyl (C=O) groups is 1. The van der Waals surface area contributed by atoms with Gasteiger partial charge in [-0.3, -0.25) is 0 Å². The van der Waals surface area contributed by atoms with E-state index < -0.39 is 6.03 Å². The van der Waals surface area contributed by atoms with E-state index in [1.54, 1.807) is 0 Å². The number of para-hydroxylation sites is 1. The lowest BCUT2D eigenvalue weighted by Crippen LogP contribution is -2.24. The van der Waals surface area contributed by atoms with Crippen molar-refractivity contribution in [3.05, 3.63) is 29.8 Å². The molecule has 1 aromatic carbocycles. The van der Waals surface area contributed by atoms with Gasteiger partial charge in [-0.2, -0.15) is 5.10 Å². The molecule has 0 aliphatic heterocycles. The number of nitrogens with one attached hydrogen (secondary N) is 1. The van der Waals surface area contributed by atoms with E-state index >= 15 is 0 Å². The number of rotatable bonds is 7. The van der Waals surface area contributed by atoms with Gasteiger partial charge in [0, 0.05) is 5.56 Å². The van der Waals surface area contributed by atoms with Crippen LogP contribution in [0.2, 0.25) is 0 Å². The zero-order valence-electron chi connectivity index (χ0n) is 10.6. The van der Waals surface area contributed by atoms with Crippen LogP contribution in [0.15, 0.2) is 29.4 Å². The number of carbonyl (C=O) groups excluding carboxylic acids is 1. The maximum absolute atomic E-state index is 10.5. The van der Waals surface area contributed by atoms with Crippen molar-refractivity contribution >= 4 is 12.2 Å². The zero-order chi connectivity index (χ0) is 13.2. The van der Waals surface area contributed by atoms with Gasteiger partial charge in [-0.25, -0.2) is 10.2 Å². The molecule has 0 bridgehead atoms. The number of hydrazone groups is 1. The van der Waals surface area contributed by atoms with Crippen LogP contribution in [0, 0.1) is 0 Å². The highest BCUT2D eigenvalue weighted by Crippen LogP contribution is 2.16. The second kappa shape index (κ2) is 8.11. The molecule has 18 heavy (non-hydrogen) atoms. The first-order valence-electron chi connectivity index (χ1n) is 6.04. The third-order valence-electron chi connectivity index (χ3n) is 2.30. The topological polar surface area (TPSA) is 76.7 Å². The third kappa shape index (κ3) is 5.34. The summed E-state index contributed by atoms with van der Waals surface area (Å²) >= 11 is 0. The lowest BCUT2D eigenvalue weighted by Gasteiger charge is -2.08. The molecule has 0 spiro atoms. The number of amides is 2. The van der Waals surface area contributed by atoms with E-state index in [1.165, 1.54) is 6.21 Å². The van der Waals surface area contributed by atoms with Gasteiger partial charge in [-0.05, 0) is 18.6 Å². The Morgan fingerprint density at radius 2 is 2.22 bits per heavy atom. The summed E-state index contributed by atoms with van der Waals surface area (Å²) in [6.07, 6.45) is 4.86. The molecular formula is C13H19N3O2. The van der Waals surface area contributed by atoms with Crippen LogP contribution in [0.4, 0.5) is 4.79 Å². The highest BCUT2D eigenvalue weighted by molar-refractivity contribution is 5.84. The van der Waals surface area contributed by atoms with E-state index in [0.29, 0.717) is 6.61 Å². The quantitative estimate of drug-likeness (QED) is 0.442. The number of benzene rings is 1. The fourth-order valence-electron chi connectivity index (χ4n) is 1.42. The number of unbranched alkanes of at least 4 members (excludes halogenated alkanes) is 2. The predicted octanol–water partition coefficient (Wildman–Crippen LogP) is 2.26. The Kier molecular flexibility index (Phi) is 6.32. The summed E-state index contributed by atoms with van der Waals surface area (Å²) in [5.41, 5.74) is 7.87. The van der Waals surface area contributed by atoms with E-state index in [4.69, 9.17) is 10.5 Å². The SMILES string of the molecule is CCCCCOc1ccccc1C=NNC(N)=O. The van der Waals surface area contributed by atoms with Gasteiger partial charge in [-0.15, -0.1) is 0 Å². The van der Waals surface area contributed by atoms with Crippen molar-refractivity contribution in [1.82, 2.24) is 5.43 Å². The number of primary amides is 1. The Hall–Kier alpha value is -2.04. The minimum atomic E-state index is -0.687. The molecule has 3 N–H and O–H groups in total. The van der Waals surface area contributed by atoms with Crippen molar-refractivity contribution in [2.45, 2.75) is 26.2 Å². The van der Waals surface area contributed by atoms with Crippen LogP contribution in [0.25, 0.3) is 0 Å². The van der Waals surface area contributed by atoms with Gasteiger partial charge >= 0.3 is 6.03 Å². The number of hydrogen-bond donors (Lipinski definition) is 2. The van der Waals surface area contributed by atoms with Gasteiger partial charge < -0.3 is 10.5 Å². The van der Waals surface area contributed by atoms with Crippen LogP contribution < -0.4 is 15.9 Å². The van der Waals surface area contributed by atoms with Crippen molar-refractivity contribution in [2.75, 3.05) is 6.61 Å². The van der Waals surface area contributed by atoms with Crippen LogP contribution >= 0.6 is 0 Å². The summed E-state index contributed by atoms with van der Waals surface area (Å²) in [5, 5.41) is 3.72. The molecule has 5 heteroatoms. The van der Waals surface area contributed by atoms with Crippen LogP contribution in [-0.4, -0.2) is 18.9 Å². The molecule has 5 nitrogen and oxygen atoms in total. The van der Waals surface area contributed by atoms with E-state index in [0.717, 1.165) is 30.6 Å². The largest absolute Gasteiger partial charge is 0.493 e. The molecule has 0 heterocycles. The Morgan fingerprint density at radius 3 is 2.94 bits per heavy atom. The van der Waals surface area contributed by atoms with Gasteiger partial charge in [0.15, 0.2) is 0 Å². The van der Waals surface area contributed by atoms with Crippen molar-refractivity contribution in [1.29, 1.82) is 0 Å². The summed E-state index contributed by atoms with van der Waals surface area (Å²) in [4.78, 5) is 10.5. The van der Waals surface area contributed by atoms with Crippen LogP contribution in [0.3, 0.4) is 0 Å². The van der Waals surface area contributed by atoms with E-state index in [9.17, 15) is 4.79 Å². The fraction of sp³-hybridized carbons (Fsp3) is 0.385. The van der Waals surface area contributed by atoms with Crippen molar-refractivity contribution < 1.29 is 9.53 Å². The highest BCUT2D eigenvalue weighted by Gasteiger charge is 2.00. The van der Waals surface area contributed by atoms with E-state index in [-0.39, 0.29) is 0 Å². The maximum Gasteiger partial charge on any atom is 0.332 e. The lowest BCUT2D eigenvalue weighted by atomic mass is 10.2. The molecular weight excluding hydrogens is 230 g/mol. The van der Waals surface area contributed by atoms with Crippen molar-refractivity contribution in [3.8, 4) is 5.75 Å². The summed E-state index contributed by atoms with van der Waals surface area (Å²) in [7, 11) is 0. The molecule has 1 aromatic rings. The molecule has 0 saturated carbocycles. The highest BCUT2D eigenvalue weighted by atomic mass is 16.5. The minimum absolute atomic E-state index is 0.682.